The van der Waals surface area contributed by atoms with Gasteiger partial charge in [-0.1, -0.05) is 36.1 Å². The molecule has 0 saturated heterocycles. The minimum atomic E-state index is -1.24. The Morgan fingerprint density at radius 3 is 1.23 bits per heavy atom. The third-order valence-electron chi connectivity index (χ3n) is 2.72. The molecule has 4 nitrogen and oxygen atoms in total. The molecule has 2 rings (SSSR count). The first-order valence-electron chi connectivity index (χ1n) is 6.21. The van der Waals surface area contributed by atoms with E-state index in [1.165, 1.54) is 24.3 Å². The third-order valence-corrected chi connectivity index (χ3v) is 2.72. The molecule has 2 aromatic carbocycles. The Morgan fingerprint density at radius 1 is 0.636 bits per heavy atom. The minimum absolute atomic E-state index is 0.0876. The molecular weight excluding hydrogens is 280 g/mol. The quantitative estimate of drug-likeness (QED) is 0.718. The average molecular weight is 288 g/mol. The summed E-state index contributed by atoms with van der Waals surface area (Å²) in [5.74, 6) is 8.33. The van der Waals surface area contributed by atoms with E-state index in [-0.39, 0.29) is 11.1 Å². The predicted octanol–water partition coefficient (Wildman–Crippen LogP) is -0.183. The van der Waals surface area contributed by atoms with Crippen LogP contribution in [-0.4, -0.2) is 11.9 Å². The lowest BCUT2D eigenvalue weighted by molar-refractivity contribution is -0.256. The molecule has 0 heterocycles. The van der Waals surface area contributed by atoms with Gasteiger partial charge in [0.05, 0.1) is 11.9 Å². The van der Waals surface area contributed by atoms with Crippen molar-refractivity contribution in [3.63, 3.8) is 0 Å². The highest BCUT2D eigenvalue weighted by atomic mass is 16.4. The maximum absolute atomic E-state index is 10.6. The van der Waals surface area contributed by atoms with Gasteiger partial charge in [0, 0.05) is 11.1 Å². The number of hydrogen-bond donors (Lipinski definition) is 0. The van der Waals surface area contributed by atoms with Gasteiger partial charge in [-0.15, -0.1) is 0 Å². The van der Waals surface area contributed by atoms with Crippen molar-refractivity contribution in [1.29, 1.82) is 0 Å². The Balaban J connectivity index is 2.07. The van der Waals surface area contributed by atoms with E-state index in [0.29, 0.717) is 11.1 Å². The second-order valence-electron chi connectivity index (χ2n) is 4.23. The van der Waals surface area contributed by atoms with Crippen LogP contribution in [0.2, 0.25) is 0 Å². The number of carbonyl (C=O) groups excluding carboxylic acids is 2. The van der Waals surface area contributed by atoms with Gasteiger partial charge in [0.1, 0.15) is 0 Å². The molecule has 0 aliphatic carbocycles. The normalized spacial score (nSPS) is 8.91. The molecule has 22 heavy (non-hydrogen) atoms. The molecule has 0 bridgehead atoms. The van der Waals surface area contributed by atoms with Crippen LogP contribution in [0.4, 0.5) is 0 Å². The monoisotopic (exact) mass is 288 g/mol. The number of hydrogen-bond acceptors (Lipinski definition) is 4. The van der Waals surface area contributed by atoms with Gasteiger partial charge in [0.25, 0.3) is 0 Å². The first kappa shape index (κ1) is 14.9. The Bertz CT molecular complexity index is 750. The van der Waals surface area contributed by atoms with Crippen LogP contribution in [0.1, 0.15) is 31.8 Å². The van der Waals surface area contributed by atoms with Crippen LogP contribution in [0.25, 0.3) is 0 Å². The molecule has 0 aliphatic heterocycles. The van der Waals surface area contributed by atoms with Crippen LogP contribution >= 0.6 is 0 Å². The third kappa shape index (κ3) is 4.00. The Morgan fingerprint density at radius 2 is 0.955 bits per heavy atom. The SMILES string of the molecule is O=C([O-])c1ccc(C#CC#Cc2ccc(C(=O)[O-])cc2)cc1. The summed E-state index contributed by atoms with van der Waals surface area (Å²) in [6, 6.07) is 11.9. The van der Waals surface area contributed by atoms with Crippen molar-refractivity contribution in [1.82, 2.24) is 0 Å². The van der Waals surface area contributed by atoms with Crippen LogP contribution in [-0.2, 0) is 0 Å². The van der Waals surface area contributed by atoms with Crippen molar-refractivity contribution >= 4 is 11.9 Å². The number of rotatable bonds is 2. The largest absolute Gasteiger partial charge is 0.545 e. The fraction of sp³-hybridized carbons (Fsp3) is 0. The lowest BCUT2D eigenvalue weighted by Crippen LogP contribution is -2.21. The van der Waals surface area contributed by atoms with E-state index in [1.807, 2.05) is 0 Å². The zero-order valence-electron chi connectivity index (χ0n) is 11.3. The molecule has 0 atom stereocenters. The lowest BCUT2D eigenvalue weighted by Gasteiger charge is -2.00. The zero-order valence-corrected chi connectivity index (χ0v) is 11.3. The van der Waals surface area contributed by atoms with E-state index in [0.717, 1.165) is 0 Å². The highest BCUT2D eigenvalue weighted by Crippen LogP contribution is 2.03. The number of aromatic carboxylic acids is 2. The number of carbonyl (C=O) groups is 2. The summed E-state index contributed by atoms with van der Waals surface area (Å²) in [6.45, 7) is 0. The van der Waals surface area contributed by atoms with E-state index >= 15 is 0 Å². The van der Waals surface area contributed by atoms with Gasteiger partial charge in [-0.3, -0.25) is 0 Å². The molecule has 0 N–H and O–H groups in total. The second kappa shape index (κ2) is 6.78. The van der Waals surface area contributed by atoms with E-state index in [1.54, 1.807) is 24.3 Å². The maximum atomic E-state index is 10.6. The van der Waals surface area contributed by atoms with Crippen molar-refractivity contribution in [2.75, 3.05) is 0 Å². The highest BCUT2D eigenvalue weighted by molar-refractivity contribution is 5.86. The molecule has 2 aromatic rings. The number of benzene rings is 2. The summed E-state index contributed by atoms with van der Waals surface area (Å²) in [5, 5.41) is 21.2. The van der Waals surface area contributed by atoms with Crippen molar-refractivity contribution in [2.45, 2.75) is 0 Å². The first-order chi connectivity index (χ1) is 10.6. The molecule has 0 radical (unpaired) electrons. The van der Waals surface area contributed by atoms with Crippen LogP contribution in [0, 0.1) is 23.7 Å². The van der Waals surface area contributed by atoms with Gasteiger partial charge in [-0.25, -0.2) is 0 Å². The molecule has 4 heteroatoms. The minimum Gasteiger partial charge on any atom is -0.545 e. The molecular formula is C18H8O4-2. The molecule has 0 amide bonds. The standard InChI is InChI=1S/C18H10O4/c19-17(20)15-9-5-13(6-10-15)3-1-2-4-14-7-11-16(12-8-14)18(21)22/h5-12H,(H,19,20)(H,21,22)/p-2. The smallest absolute Gasteiger partial charge is 0.0715 e. The molecule has 0 aromatic heterocycles. The van der Waals surface area contributed by atoms with Gasteiger partial charge in [-0.05, 0) is 47.2 Å². The predicted molar refractivity (Wildman–Crippen MR) is 75.3 cm³/mol. The fourth-order valence-electron chi connectivity index (χ4n) is 1.59. The fourth-order valence-corrected chi connectivity index (χ4v) is 1.59. The number of carboxylic acids is 2. The molecule has 0 saturated carbocycles. The van der Waals surface area contributed by atoms with E-state index in [2.05, 4.69) is 23.7 Å². The summed E-state index contributed by atoms with van der Waals surface area (Å²) in [7, 11) is 0. The van der Waals surface area contributed by atoms with Gasteiger partial charge >= 0.3 is 0 Å². The Labute approximate surface area is 127 Å². The zero-order chi connectivity index (χ0) is 15.9. The van der Waals surface area contributed by atoms with E-state index in [9.17, 15) is 19.8 Å². The summed E-state index contributed by atoms with van der Waals surface area (Å²) in [4.78, 5) is 21.2. The first-order valence-corrected chi connectivity index (χ1v) is 6.21. The van der Waals surface area contributed by atoms with Crippen LogP contribution in [0.3, 0.4) is 0 Å². The summed E-state index contributed by atoms with van der Waals surface area (Å²) in [6.07, 6.45) is 0. The van der Waals surface area contributed by atoms with Crippen LogP contribution in [0.5, 0.6) is 0 Å². The van der Waals surface area contributed by atoms with E-state index in [4.69, 9.17) is 0 Å². The number of carboxylic acid groups (broad SMARTS) is 2. The lowest BCUT2D eigenvalue weighted by atomic mass is 10.1. The van der Waals surface area contributed by atoms with Crippen molar-refractivity contribution in [2.24, 2.45) is 0 Å². The maximum Gasteiger partial charge on any atom is 0.0715 e. The van der Waals surface area contributed by atoms with Crippen molar-refractivity contribution in [3.8, 4) is 23.7 Å². The Hall–Kier alpha value is -3.50. The Kier molecular flexibility index (Phi) is 4.59. The molecule has 106 valence electrons. The summed E-state index contributed by atoms with van der Waals surface area (Å²) in [5.41, 5.74) is 1.44. The average Bonchev–Trinajstić information content (AvgIpc) is 2.52. The van der Waals surface area contributed by atoms with E-state index < -0.39 is 11.9 Å². The molecule has 0 spiro atoms. The van der Waals surface area contributed by atoms with Gasteiger partial charge in [0.2, 0.25) is 0 Å². The molecule has 0 fully saturated rings. The van der Waals surface area contributed by atoms with Crippen LogP contribution < -0.4 is 10.2 Å². The van der Waals surface area contributed by atoms with Gasteiger partial charge in [-0.2, -0.15) is 0 Å². The van der Waals surface area contributed by atoms with Gasteiger partial charge < -0.3 is 19.8 Å². The van der Waals surface area contributed by atoms with Crippen molar-refractivity contribution < 1.29 is 19.8 Å². The van der Waals surface area contributed by atoms with Crippen LogP contribution in [0.15, 0.2) is 48.5 Å². The topological polar surface area (TPSA) is 80.3 Å². The highest BCUT2D eigenvalue weighted by Gasteiger charge is 1.93. The summed E-state index contributed by atoms with van der Waals surface area (Å²) >= 11 is 0. The molecule has 0 aliphatic rings. The van der Waals surface area contributed by atoms with Gasteiger partial charge in [0.15, 0.2) is 0 Å². The van der Waals surface area contributed by atoms with Crippen molar-refractivity contribution in [3.05, 3.63) is 70.8 Å². The summed E-state index contributed by atoms with van der Waals surface area (Å²) < 4.78 is 0. The second-order valence-corrected chi connectivity index (χ2v) is 4.23. The molecule has 0 unspecified atom stereocenters.